The van der Waals surface area contributed by atoms with E-state index >= 15 is 0 Å². The molecule has 2 atom stereocenters. The van der Waals surface area contributed by atoms with E-state index in [1.54, 1.807) is 6.92 Å². The maximum atomic E-state index is 12.8. The van der Waals surface area contributed by atoms with Crippen molar-refractivity contribution >= 4 is 0 Å². The van der Waals surface area contributed by atoms with Crippen molar-refractivity contribution in [3.63, 3.8) is 0 Å². The molecule has 19 heavy (non-hydrogen) atoms. The van der Waals surface area contributed by atoms with E-state index in [2.05, 4.69) is 9.88 Å². The molecule has 1 aliphatic heterocycles. The smallest absolute Gasteiger partial charge is 0.319 e. The number of halogens is 2. The predicted octanol–water partition coefficient (Wildman–Crippen LogP) is 2.40. The third-order valence-electron chi connectivity index (χ3n) is 3.67. The lowest BCUT2D eigenvalue weighted by Crippen LogP contribution is -2.41. The molecule has 2 heterocycles. The summed E-state index contributed by atoms with van der Waals surface area (Å²) in [5.74, 6) is 0.396. The van der Waals surface area contributed by atoms with Gasteiger partial charge in [0.05, 0.1) is 12.6 Å². The number of aliphatic hydroxyl groups is 1. The summed E-state index contributed by atoms with van der Waals surface area (Å²) in [6.07, 6.45) is 6.28. The molecule has 0 aromatic carbocycles. The highest BCUT2D eigenvalue weighted by molar-refractivity contribution is 4.94. The number of aliphatic hydroxyl groups excluding tert-OH is 1. The topological polar surface area (TPSA) is 41.3 Å². The Balaban J connectivity index is 2.04. The van der Waals surface area contributed by atoms with Gasteiger partial charge < -0.3 is 5.11 Å². The van der Waals surface area contributed by atoms with E-state index in [1.165, 1.54) is 12.4 Å². The Bertz CT molecular complexity index is 395. The second-order valence-electron chi connectivity index (χ2n) is 5.23. The van der Waals surface area contributed by atoms with Gasteiger partial charge in [0.15, 0.2) is 0 Å². The van der Waals surface area contributed by atoms with Crippen molar-refractivity contribution in [1.29, 1.82) is 0 Å². The molecular formula is C13H21F2N3O. The molecule has 1 aromatic rings. The first-order valence-electron chi connectivity index (χ1n) is 6.80. The molecule has 1 N–H and O–H groups in total. The third kappa shape index (κ3) is 3.73. The van der Waals surface area contributed by atoms with Gasteiger partial charge in [0.1, 0.15) is 5.82 Å². The van der Waals surface area contributed by atoms with Gasteiger partial charge in [-0.05, 0) is 32.7 Å². The number of rotatable bonds is 5. The number of hydrogen-bond donors (Lipinski definition) is 1. The molecular weight excluding hydrogens is 252 g/mol. The van der Waals surface area contributed by atoms with Crippen LogP contribution in [-0.2, 0) is 6.54 Å². The molecule has 0 amide bonds. The van der Waals surface area contributed by atoms with E-state index in [1.807, 2.05) is 0 Å². The minimum atomic E-state index is -2.54. The summed E-state index contributed by atoms with van der Waals surface area (Å²) < 4.78 is 26.5. The van der Waals surface area contributed by atoms with Gasteiger partial charge in [-0.2, -0.15) is 8.78 Å². The second-order valence-corrected chi connectivity index (χ2v) is 5.23. The number of piperidine rings is 1. The monoisotopic (exact) mass is 273 g/mol. The molecule has 6 heteroatoms. The van der Waals surface area contributed by atoms with Crippen LogP contribution in [0.25, 0.3) is 0 Å². The molecule has 1 aromatic heterocycles. The minimum Gasteiger partial charge on any atom is -0.393 e. The Morgan fingerprint density at radius 2 is 2.26 bits per heavy atom. The molecule has 108 valence electrons. The van der Waals surface area contributed by atoms with Gasteiger partial charge in [-0.3, -0.25) is 9.47 Å². The van der Waals surface area contributed by atoms with Crippen LogP contribution in [0.4, 0.5) is 8.78 Å². The zero-order chi connectivity index (χ0) is 13.8. The number of aromatic nitrogens is 2. The van der Waals surface area contributed by atoms with Crippen molar-refractivity contribution in [3.05, 3.63) is 18.2 Å². The average Bonchev–Trinajstić information content (AvgIpc) is 2.79. The highest BCUT2D eigenvalue weighted by atomic mass is 19.3. The van der Waals surface area contributed by atoms with E-state index in [4.69, 9.17) is 0 Å². The Kier molecular flexibility index (Phi) is 4.87. The van der Waals surface area contributed by atoms with E-state index < -0.39 is 6.55 Å². The van der Waals surface area contributed by atoms with E-state index in [-0.39, 0.29) is 12.1 Å². The zero-order valence-corrected chi connectivity index (χ0v) is 11.2. The van der Waals surface area contributed by atoms with Crippen LogP contribution in [0.3, 0.4) is 0 Å². The van der Waals surface area contributed by atoms with Crippen molar-refractivity contribution in [2.45, 2.75) is 57.8 Å². The molecule has 1 saturated heterocycles. The number of likely N-dealkylation sites (tertiary alicyclic amines) is 1. The molecule has 0 bridgehead atoms. The van der Waals surface area contributed by atoms with Gasteiger partial charge >= 0.3 is 6.55 Å². The Hall–Kier alpha value is -1.01. The van der Waals surface area contributed by atoms with Crippen LogP contribution in [0, 0.1) is 0 Å². The van der Waals surface area contributed by atoms with Crippen LogP contribution in [0.2, 0.25) is 0 Å². The van der Waals surface area contributed by atoms with Crippen molar-refractivity contribution in [1.82, 2.24) is 14.5 Å². The van der Waals surface area contributed by atoms with Crippen LogP contribution < -0.4 is 0 Å². The average molecular weight is 273 g/mol. The first kappa shape index (κ1) is 14.4. The molecule has 0 spiro atoms. The lowest BCUT2D eigenvalue weighted by atomic mass is 9.97. The summed E-state index contributed by atoms with van der Waals surface area (Å²) in [5, 5.41) is 9.52. The quantitative estimate of drug-likeness (QED) is 0.895. The first-order valence-corrected chi connectivity index (χ1v) is 6.80. The lowest BCUT2D eigenvalue weighted by Gasteiger charge is -2.36. The largest absolute Gasteiger partial charge is 0.393 e. The first-order chi connectivity index (χ1) is 9.08. The van der Waals surface area contributed by atoms with Crippen molar-refractivity contribution in [2.75, 3.05) is 6.54 Å². The van der Waals surface area contributed by atoms with E-state index in [9.17, 15) is 13.9 Å². The Morgan fingerprint density at radius 1 is 1.47 bits per heavy atom. The summed E-state index contributed by atoms with van der Waals surface area (Å²) >= 11 is 0. The molecule has 0 aliphatic carbocycles. The zero-order valence-electron chi connectivity index (χ0n) is 11.2. The van der Waals surface area contributed by atoms with Gasteiger partial charge in [-0.15, -0.1) is 0 Å². The van der Waals surface area contributed by atoms with Crippen LogP contribution in [0.5, 0.6) is 0 Å². The number of nitrogens with zero attached hydrogens (tertiary/aromatic N) is 3. The second kappa shape index (κ2) is 6.43. The molecule has 2 unspecified atom stereocenters. The van der Waals surface area contributed by atoms with E-state index in [0.717, 1.165) is 30.4 Å². The predicted molar refractivity (Wildman–Crippen MR) is 67.8 cm³/mol. The molecule has 2 rings (SSSR count). The minimum absolute atomic E-state index is 0.261. The molecule has 1 aliphatic rings. The number of alkyl halides is 2. The summed E-state index contributed by atoms with van der Waals surface area (Å²) in [5.41, 5.74) is 0. The third-order valence-corrected chi connectivity index (χ3v) is 3.67. The highest BCUT2D eigenvalue weighted by Gasteiger charge is 2.25. The normalized spacial score (nSPS) is 22.9. The van der Waals surface area contributed by atoms with Gasteiger partial charge in [0.2, 0.25) is 0 Å². The van der Waals surface area contributed by atoms with Crippen LogP contribution in [0.1, 0.15) is 45.0 Å². The Labute approximate surface area is 112 Å². The SMILES string of the molecule is CC(O)CC1CCCCN1Cc1nccn1C(F)F. The van der Waals surface area contributed by atoms with Crippen molar-refractivity contribution in [3.8, 4) is 0 Å². The van der Waals surface area contributed by atoms with Gasteiger partial charge in [0, 0.05) is 18.4 Å². The number of imidazole rings is 1. The lowest BCUT2D eigenvalue weighted by molar-refractivity contribution is 0.0526. The molecule has 4 nitrogen and oxygen atoms in total. The Morgan fingerprint density at radius 3 is 2.95 bits per heavy atom. The standard InChI is InChI=1S/C13H21F2N3O/c1-10(19)8-11-4-2-3-6-17(11)9-12-16-5-7-18(12)13(14)15/h5,7,10-11,13,19H,2-4,6,8-9H2,1H3. The number of hydrogen-bond acceptors (Lipinski definition) is 3. The maximum Gasteiger partial charge on any atom is 0.319 e. The van der Waals surface area contributed by atoms with Crippen molar-refractivity contribution < 1.29 is 13.9 Å². The van der Waals surface area contributed by atoms with Gasteiger partial charge in [-0.25, -0.2) is 4.98 Å². The fourth-order valence-electron chi connectivity index (χ4n) is 2.75. The van der Waals surface area contributed by atoms with E-state index in [0.29, 0.717) is 18.8 Å². The summed E-state index contributed by atoms with van der Waals surface area (Å²) in [6, 6.07) is 0.261. The summed E-state index contributed by atoms with van der Waals surface area (Å²) in [4.78, 5) is 6.19. The van der Waals surface area contributed by atoms with Crippen molar-refractivity contribution in [2.24, 2.45) is 0 Å². The highest BCUT2D eigenvalue weighted by Crippen LogP contribution is 2.23. The molecule has 0 radical (unpaired) electrons. The van der Waals surface area contributed by atoms with Crippen LogP contribution >= 0.6 is 0 Å². The van der Waals surface area contributed by atoms with Gasteiger partial charge in [0.25, 0.3) is 0 Å². The molecule has 0 saturated carbocycles. The summed E-state index contributed by atoms with van der Waals surface area (Å²) in [6.45, 7) is 0.534. The molecule has 1 fully saturated rings. The maximum absolute atomic E-state index is 12.8. The van der Waals surface area contributed by atoms with Crippen LogP contribution in [0.15, 0.2) is 12.4 Å². The fourth-order valence-corrected chi connectivity index (χ4v) is 2.75. The summed E-state index contributed by atoms with van der Waals surface area (Å²) in [7, 11) is 0. The van der Waals surface area contributed by atoms with Crippen LogP contribution in [-0.4, -0.2) is 38.2 Å². The fraction of sp³-hybridized carbons (Fsp3) is 0.769. The van der Waals surface area contributed by atoms with Gasteiger partial charge in [-0.1, -0.05) is 6.42 Å².